The number of benzene rings is 2. The molecule has 13 nitrogen and oxygen atoms in total. The Balaban J connectivity index is 1.93. The number of alkyl halides is 1. The number of aromatic amines is 1. The summed E-state index contributed by atoms with van der Waals surface area (Å²) in [5.41, 5.74) is -1.76. The van der Waals surface area contributed by atoms with Gasteiger partial charge in [-0.2, -0.15) is 5.09 Å². The molecule has 0 fully saturated rings. The molecule has 3 rings (SSSR count). The average Bonchev–Trinajstić information content (AvgIpc) is 2.90. The van der Waals surface area contributed by atoms with Crippen LogP contribution < -0.4 is 20.9 Å². The van der Waals surface area contributed by atoms with Crippen molar-refractivity contribution in [2.75, 3.05) is 13.2 Å². The number of halogens is 1. The van der Waals surface area contributed by atoms with Crippen molar-refractivity contribution in [2.45, 2.75) is 58.0 Å². The third kappa shape index (κ3) is 8.32. The molecule has 3 aromatic rings. The summed E-state index contributed by atoms with van der Waals surface area (Å²) in [6.45, 7) is 3.38. The fourth-order valence-electron chi connectivity index (χ4n) is 3.61. The number of nitrogens with zero attached hydrogens (tertiary/aromatic N) is 1. The van der Waals surface area contributed by atoms with Gasteiger partial charge in [0, 0.05) is 17.6 Å². The Morgan fingerprint density at radius 3 is 2.44 bits per heavy atom. The Labute approximate surface area is 234 Å². The lowest BCUT2D eigenvalue weighted by Crippen LogP contribution is -2.48. The standard InChI is InChI=1S/C26H33FN3O10P/c1-16(2)38-24(34)17(3)29-41(36,40-21-11-7-9-19-8-5-6-10-20(19)21)37-15-26(27,18(4)32)39-23(14-31)30-13-12-22(33)28-25(30)35/h5-13,16-18,23,31-32H,14-15H2,1-4H3,(H,29,36)(H,28,33,35)/t17-,18-,23+,26+,41?/m0/s1. The van der Waals surface area contributed by atoms with Gasteiger partial charge in [-0.25, -0.2) is 13.8 Å². The summed E-state index contributed by atoms with van der Waals surface area (Å²) in [5.74, 6) is -3.88. The highest BCUT2D eigenvalue weighted by Crippen LogP contribution is 2.48. The van der Waals surface area contributed by atoms with E-state index in [-0.39, 0.29) is 5.75 Å². The van der Waals surface area contributed by atoms with Gasteiger partial charge in [-0.05, 0) is 39.1 Å². The topological polar surface area (TPSA) is 178 Å². The van der Waals surface area contributed by atoms with Gasteiger partial charge in [-0.1, -0.05) is 36.4 Å². The predicted octanol–water partition coefficient (Wildman–Crippen LogP) is 2.38. The first-order chi connectivity index (χ1) is 19.3. The quantitative estimate of drug-likeness (QED) is 0.158. The van der Waals surface area contributed by atoms with Gasteiger partial charge in [0.2, 0.25) is 0 Å². The zero-order valence-corrected chi connectivity index (χ0v) is 23.7. The summed E-state index contributed by atoms with van der Waals surface area (Å²) in [7, 11) is -4.64. The first-order valence-corrected chi connectivity index (χ1v) is 14.2. The number of aliphatic hydroxyl groups is 2. The molecule has 4 N–H and O–H groups in total. The van der Waals surface area contributed by atoms with Crippen LogP contribution in [0.25, 0.3) is 10.8 Å². The van der Waals surface area contributed by atoms with Crippen LogP contribution in [0.1, 0.15) is 33.9 Å². The number of carbonyl (C=O) groups excluding carboxylic acids is 1. The molecule has 15 heteroatoms. The Kier molecular flexibility index (Phi) is 10.6. The molecule has 1 unspecified atom stereocenters. The van der Waals surface area contributed by atoms with Crippen molar-refractivity contribution in [1.29, 1.82) is 0 Å². The Morgan fingerprint density at radius 1 is 1.12 bits per heavy atom. The minimum atomic E-state index is -4.64. The molecular weight excluding hydrogens is 564 g/mol. The maximum atomic E-state index is 16.0. The molecule has 0 aliphatic rings. The molecule has 0 aliphatic heterocycles. The summed E-state index contributed by atoms with van der Waals surface area (Å²) in [4.78, 5) is 38.0. The molecule has 0 saturated heterocycles. The van der Waals surface area contributed by atoms with Gasteiger partial charge in [-0.15, -0.1) is 0 Å². The van der Waals surface area contributed by atoms with E-state index in [2.05, 4.69) is 5.09 Å². The lowest BCUT2D eigenvalue weighted by molar-refractivity contribution is -0.264. The highest BCUT2D eigenvalue weighted by Gasteiger charge is 2.44. The lowest BCUT2D eigenvalue weighted by atomic mass is 10.1. The summed E-state index contributed by atoms with van der Waals surface area (Å²) >= 11 is 0. The molecule has 0 amide bonds. The van der Waals surface area contributed by atoms with Crippen LogP contribution in [-0.2, 0) is 23.4 Å². The highest BCUT2D eigenvalue weighted by molar-refractivity contribution is 7.52. The number of hydrogen-bond acceptors (Lipinski definition) is 10. The molecule has 5 atom stereocenters. The second-order valence-electron chi connectivity index (χ2n) is 9.41. The second-order valence-corrected chi connectivity index (χ2v) is 11.1. The van der Waals surface area contributed by atoms with Crippen molar-refractivity contribution in [3.8, 4) is 5.75 Å². The number of fused-ring (bicyclic) bond motifs is 1. The van der Waals surface area contributed by atoms with Crippen molar-refractivity contribution >= 4 is 24.5 Å². The Morgan fingerprint density at radius 2 is 1.80 bits per heavy atom. The van der Waals surface area contributed by atoms with Crippen LogP contribution in [0.2, 0.25) is 0 Å². The van der Waals surface area contributed by atoms with Crippen molar-refractivity contribution in [3.63, 3.8) is 0 Å². The van der Waals surface area contributed by atoms with E-state index in [1.165, 1.54) is 13.0 Å². The van der Waals surface area contributed by atoms with E-state index in [1.54, 1.807) is 50.2 Å². The number of aromatic nitrogens is 2. The van der Waals surface area contributed by atoms with Gasteiger partial charge in [-0.3, -0.25) is 23.7 Å². The summed E-state index contributed by atoms with van der Waals surface area (Å²) in [5, 5.41) is 23.7. The van der Waals surface area contributed by atoms with Gasteiger partial charge >= 0.3 is 19.4 Å². The maximum Gasteiger partial charge on any atom is 0.459 e. The third-order valence-corrected chi connectivity index (χ3v) is 7.34. The Bertz CT molecular complexity index is 1510. The van der Waals surface area contributed by atoms with E-state index in [0.717, 1.165) is 24.6 Å². The molecular formula is C26H33FN3O10P. The first kappa shape index (κ1) is 32.1. The van der Waals surface area contributed by atoms with Crippen LogP contribution in [0.3, 0.4) is 0 Å². The molecule has 0 aliphatic carbocycles. The molecule has 2 aromatic carbocycles. The number of hydrogen-bond donors (Lipinski definition) is 4. The first-order valence-electron chi connectivity index (χ1n) is 12.6. The smallest absolute Gasteiger partial charge is 0.459 e. The number of aliphatic hydroxyl groups excluding tert-OH is 2. The van der Waals surface area contributed by atoms with E-state index in [4.69, 9.17) is 18.5 Å². The molecule has 1 aromatic heterocycles. The third-order valence-electron chi connectivity index (χ3n) is 5.73. The molecule has 1 heterocycles. The Hall–Kier alpha value is -3.39. The van der Waals surface area contributed by atoms with Gasteiger partial charge < -0.3 is 24.2 Å². The highest BCUT2D eigenvalue weighted by atomic mass is 31.2. The van der Waals surface area contributed by atoms with Crippen molar-refractivity contribution in [2.24, 2.45) is 0 Å². The van der Waals surface area contributed by atoms with Crippen molar-refractivity contribution in [1.82, 2.24) is 14.6 Å². The van der Waals surface area contributed by atoms with Crippen LogP contribution in [0.15, 0.2) is 64.3 Å². The summed E-state index contributed by atoms with van der Waals surface area (Å²) < 4.78 is 52.2. The van der Waals surface area contributed by atoms with E-state index in [9.17, 15) is 29.2 Å². The van der Waals surface area contributed by atoms with Crippen molar-refractivity contribution < 1.29 is 42.5 Å². The predicted molar refractivity (Wildman–Crippen MR) is 146 cm³/mol. The van der Waals surface area contributed by atoms with E-state index in [1.807, 2.05) is 4.98 Å². The van der Waals surface area contributed by atoms with Gasteiger partial charge in [0.1, 0.15) is 24.5 Å². The zero-order valence-electron chi connectivity index (χ0n) is 22.9. The number of esters is 1. The largest absolute Gasteiger partial charge is 0.462 e. The van der Waals surface area contributed by atoms with Crippen LogP contribution >= 0.6 is 7.75 Å². The zero-order chi connectivity index (χ0) is 30.4. The van der Waals surface area contributed by atoms with E-state index >= 15 is 4.39 Å². The number of H-pyrrole nitrogens is 1. The normalized spacial score (nSPS) is 16.9. The SMILES string of the molecule is CC(C)OC(=O)[C@H](C)NP(=O)(OC[C@@](F)(O[C@H](CO)n1ccc(=O)[nH]c1=O)[C@H](C)O)Oc1cccc2ccccc12. The fourth-order valence-corrected chi connectivity index (χ4v) is 5.13. The number of carbonyl (C=O) groups is 1. The molecule has 0 radical (unpaired) electrons. The molecule has 41 heavy (non-hydrogen) atoms. The van der Waals surface area contributed by atoms with Gasteiger partial charge in [0.15, 0.2) is 6.23 Å². The number of ether oxygens (including phenoxy) is 2. The summed E-state index contributed by atoms with van der Waals surface area (Å²) in [6, 6.07) is 11.6. The van der Waals surface area contributed by atoms with Crippen LogP contribution in [0.4, 0.5) is 4.39 Å². The van der Waals surface area contributed by atoms with E-state index < -0.39 is 68.5 Å². The monoisotopic (exact) mass is 597 g/mol. The fraction of sp³-hybridized carbons (Fsp3) is 0.423. The molecule has 224 valence electrons. The average molecular weight is 598 g/mol. The summed E-state index contributed by atoms with van der Waals surface area (Å²) in [6.07, 6.45) is -3.21. The van der Waals surface area contributed by atoms with Gasteiger partial charge in [0.25, 0.3) is 11.4 Å². The second kappa shape index (κ2) is 13.5. The molecule has 0 spiro atoms. The number of rotatable bonds is 14. The van der Waals surface area contributed by atoms with E-state index in [0.29, 0.717) is 9.95 Å². The lowest BCUT2D eigenvalue weighted by Gasteiger charge is -2.33. The number of nitrogens with one attached hydrogen (secondary N) is 2. The van der Waals surface area contributed by atoms with Gasteiger partial charge in [0.05, 0.1) is 12.7 Å². The molecule has 0 bridgehead atoms. The van der Waals surface area contributed by atoms with Crippen LogP contribution in [-0.4, -0.2) is 63.1 Å². The van der Waals surface area contributed by atoms with Crippen molar-refractivity contribution in [3.05, 3.63) is 75.6 Å². The minimum absolute atomic E-state index is 0.0822. The minimum Gasteiger partial charge on any atom is -0.462 e. The van der Waals surface area contributed by atoms with Crippen LogP contribution in [0.5, 0.6) is 5.75 Å². The maximum absolute atomic E-state index is 16.0. The van der Waals surface area contributed by atoms with Crippen LogP contribution in [0, 0.1) is 0 Å². The molecule has 0 saturated carbocycles.